The van der Waals surface area contributed by atoms with Gasteiger partial charge in [-0.05, 0) is 41.9 Å². The van der Waals surface area contributed by atoms with Crippen LogP contribution in [0.25, 0.3) is 17.1 Å². The zero-order chi connectivity index (χ0) is 22.8. The summed E-state index contributed by atoms with van der Waals surface area (Å²) < 4.78 is 32.9. The molecule has 0 saturated carbocycles. The zero-order valence-corrected chi connectivity index (χ0v) is 16.9. The smallest absolute Gasteiger partial charge is 0.294 e. The average molecular weight is 438 g/mol. The number of halogens is 2. The van der Waals surface area contributed by atoms with Crippen LogP contribution < -0.4 is 11.2 Å². The second kappa shape index (κ2) is 8.34. The Kier molecular flexibility index (Phi) is 5.41. The van der Waals surface area contributed by atoms with Crippen LogP contribution in [0.4, 0.5) is 14.6 Å². The summed E-state index contributed by atoms with van der Waals surface area (Å²) in [6.07, 6.45) is 0. The number of hydrazone groups is 1. The second-order valence-corrected chi connectivity index (χ2v) is 6.76. The van der Waals surface area contributed by atoms with Gasteiger partial charge in [-0.15, -0.1) is 5.10 Å². The Bertz CT molecular complexity index is 1330. The van der Waals surface area contributed by atoms with Gasteiger partial charge in [-0.3, -0.25) is 4.79 Å². The van der Waals surface area contributed by atoms with Crippen molar-refractivity contribution in [2.75, 3.05) is 5.73 Å². The molecule has 0 spiro atoms. The highest BCUT2D eigenvalue weighted by molar-refractivity contribution is 6.02. The normalized spacial score (nSPS) is 11.6. The van der Waals surface area contributed by atoms with E-state index in [0.29, 0.717) is 16.7 Å². The summed E-state index contributed by atoms with van der Waals surface area (Å²) in [5.41, 5.74) is 10.0. The summed E-state index contributed by atoms with van der Waals surface area (Å²) in [5.74, 6) is -2.65. The Hall–Kier alpha value is -4.48. The van der Waals surface area contributed by atoms with E-state index in [2.05, 4.69) is 35.8 Å². The molecule has 32 heavy (non-hydrogen) atoms. The van der Waals surface area contributed by atoms with Crippen LogP contribution in [0.3, 0.4) is 0 Å². The molecule has 12 heteroatoms. The number of amides is 1. The number of nitrogens with two attached hydrogens (primary N) is 1. The van der Waals surface area contributed by atoms with Gasteiger partial charge in [0, 0.05) is 11.1 Å². The average Bonchev–Trinajstić information content (AvgIpc) is 3.40. The van der Waals surface area contributed by atoms with E-state index in [9.17, 15) is 13.6 Å². The number of rotatable bonds is 5. The van der Waals surface area contributed by atoms with Gasteiger partial charge in [0.25, 0.3) is 5.91 Å². The molecule has 2 heterocycles. The number of nitrogen functional groups attached to an aromatic ring is 1. The van der Waals surface area contributed by atoms with E-state index in [4.69, 9.17) is 5.73 Å². The lowest BCUT2D eigenvalue weighted by atomic mass is 10.0. The van der Waals surface area contributed by atoms with Gasteiger partial charge in [0.15, 0.2) is 17.3 Å². The molecule has 4 aromatic rings. The lowest BCUT2D eigenvalue weighted by Gasteiger charge is -2.08. The summed E-state index contributed by atoms with van der Waals surface area (Å²) in [6.45, 7) is 3.16. The van der Waals surface area contributed by atoms with Crippen molar-refractivity contribution in [2.24, 2.45) is 5.10 Å². The van der Waals surface area contributed by atoms with Crippen molar-refractivity contribution in [1.29, 1.82) is 0 Å². The molecule has 2 aromatic heterocycles. The maximum atomic E-state index is 13.6. The van der Waals surface area contributed by atoms with Gasteiger partial charge >= 0.3 is 0 Å². The number of nitrogens with one attached hydrogen (secondary N) is 1. The summed E-state index contributed by atoms with van der Waals surface area (Å²) in [4.78, 5) is 12.9. The van der Waals surface area contributed by atoms with Crippen LogP contribution in [0.5, 0.6) is 0 Å². The second-order valence-electron chi connectivity index (χ2n) is 6.76. The molecule has 4 rings (SSSR count). The third-order valence-electron chi connectivity index (χ3n) is 4.61. The first kappa shape index (κ1) is 20.8. The van der Waals surface area contributed by atoms with E-state index in [1.807, 2.05) is 0 Å². The Labute approximate surface area is 179 Å². The molecule has 1 amide bonds. The molecular formula is C20H16F2N8O2. The van der Waals surface area contributed by atoms with Gasteiger partial charge in [-0.1, -0.05) is 35.5 Å². The SMILES string of the molecule is C/C(=N\NC(=O)c1nnn(-c2nonc2N)c1-c1ccccc1)c1cc(F)c(F)cc1C. The molecule has 0 bridgehead atoms. The van der Waals surface area contributed by atoms with Gasteiger partial charge in [-0.2, -0.15) is 9.78 Å². The fourth-order valence-corrected chi connectivity index (χ4v) is 3.06. The molecule has 0 fully saturated rings. The fraction of sp³-hybridized carbons (Fsp3) is 0.100. The number of anilines is 1. The number of nitrogens with zero attached hydrogens (tertiary/aromatic N) is 6. The van der Waals surface area contributed by atoms with Crippen molar-refractivity contribution in [2.45, 2.75) is 13.8 Å². The molecule has 0 aliphatic carbocycles. The molecule has 0 radical (unpaired) electrons. The molecule has 0 unspecified atom stereocenters. The van der Waals surface area contributed by atoms with Gasteiger partial charge in [0.2, 0.25) is 11.6 Å². The number of aryl methyl sites for hydroxylation is 1. The van der Waals surface area contributed by atoms with Crippen LogP contribution in [0, 0.1) is 18.6 Å². The van der Waals surface area contributed by atoms with Crippen LogP contribution in [0.15, 0.2) is 52.2 Å². The topological polar surface area (TPSA) is 137 Å². The third kappa shape index (κ3) is 3.80. The highest BCUT2D eigenvalue weighted by Gasteiger charge is 2.25. The van der Waals surface area contributed by atoms with Gasteiger partial charge in [-0.25, -0.2) is 18.8 Å². The van der Waals surface area contributed by atoms with Crippen LogP contribution >= 0.6 is 0 Å². The van der Waals surface area contributed by atoms with Crippen molar-refractivity contribution in [1.82, 2.24) is 30.7 Å². The summed E-state index contributed by atoms with van der Waals surface area (Å²) in [7, 11) is 0. The molecule has 0 atom stereocenters. The van der Waals surface area contributed by atoms with Crippen molar-refractivity contribution in [3.8, 4) is 17.1 Å². The number of hydrogen-bond acceptors (Lipinski definition) is 8. The largest absolute Gasteiger partial charge is 0.378 e. The fourth-order valence-electron chi connectivity index (χ4n) is 3.06. The number of benzene rings is 2. The highest BCUT2D eigenvalue weighted by atomic mass is 19.2. The number of hydrogen-bond donors (Lipinski definition) is 2. The maximum Gasteiger partial charge on any atom is 0.294 e. The van der Waals surface area contributed by atoms with Crippen LogP contribution in [0.1, 0.15) is 28.5 Å². The van der Waals surface area contributed by atoms with Crippen molar-refractivity contribution < 1.29 is 18.2 Å². The number of carbonyl (C=O) groups excluding carboxylic acids is 1. The first-order valence-electron chi connectivity index (χ1n) is 9.27. The molecule has 0 aliphatic rings. The quantitative estimate of drug-likeness (QED) is 0.361. The Morgan fingerprint density at radius 3 is 2.56 bits per heavy atom. The lowest BCUT2D eigenvalue weighted by Crippen LogP contribution is -2.21. The standard InChI is InChI=1S/C20H16F2N8O2/c1-10-8-14(21)15(22)9-13(10)11(2)24-26-20(31)16-17(12-6-4-3-5-7-12)30(29-25-16)19-18(23)27-32-28-19/h3-9H,1-2H3,(H2,23,27)(H,26,31)/b24-11+. The Morgan fingerprint density at radius 2 is 1.88 bits per heavy atom. The molecule has 0 saturated heterocycles. The molecule has 2 aromatic carbocycles. The zero-order valence-electron chi connectivity index (χ0n) is 16.9. The molecule has 10 nitrogen and oxygen atoms in total. The van der Waals surface area contributed by atoms with Crippen molar-refractivity contribution >= 4 is 17.4 Å². The monoisotopic (exact) mass is 438 g/mol. The molecule has 162 valence electrons. The summed E-state index contributed by atoms with van der Waals surface area (Å²) in [5, 5.41) is 19.1. The summed E-state index contributed by atoms with van der Waals surface area (Å²) >= 11 is 0. The summed E-state index contributed by atoms with van der Waals surface area (Å²) in [6, 6.07) is 10.9. The molecule has 3 N–H and O–H groups in total. The Balaban J connectivity index is 1.70. The first-order valence-corrected chi connectivity index (χ1v) is 9.27. The molecular weight excluding hydrogens is 422 g/mol. The van der Waals surface area contributed by atoms with E-state index in [1.54, 1.807) is 44.2 Å². The minimum absolute atomic E-state index is 0.0401. The van der Waals surface area contributed by atoms with E-state index >= 15 is 0 Å². The van der Waals surface area contributed by atoms with Gasteiger partial charge < -0.3 is 5.73 Å². The Morgan fingerprint density at radius 1 is 1.16 bits per heavy atom. The third-order valence-corrected chi connectivity index (χ3v) is 4.61. The predicted octanol–water partition coefficient (Wildman–Crippen LogP) is 2.64. The van der Waals surface area contributed by atoms with Crippen LogP contribution in [-0.2, 0) is 0 Å². The van der Waals surface area contributed by atoms with Crippen LogP contribution in [-0.4, -0.2) is 36.9 Å². The minimum atomic E-state index is -1.01. The predicted molar refractivity (Wildman–Crippen MR) is 110 cm³/mol. The van der Waals surface area contributed by atoms with Crippen molar-refractivity contribution in [3.63, 3.8) is 0 Å². The van der Waals surface area contributed by atoms with E-state index in [-0.39, 0.29) is 28.7 Å². The van der Waals surface area contributed by atoms with Crippen LogP contribution in [0.2, 0.25) is 0 Å². The minimum Gasteiger partial charge on any atom is -0.378 e. The van der Waals surface area contributed by atoms with Gasteiger partial charge in [0.05, 0.1) is 5.71 Å². The molecule has 0 aliphatic heterocycles. The first-order chi connectivity index (χ1) is 15.4. The lowest BCUT2D eigenvalue weighted by molar-refractivity contribution is 0.0950. The van der Waals surface area contributed by atoms with Gasteiger partial charge in [0.1, 0.15) is 5.69 Å². The number of carbonyl (C=O) groups is 1. The van der Waals surface area contributed by atoms with Crippen molar-refractivity contribution in [3.05, 3.63) is 70.9 Å². The highest BCUT2D eigenvalue weighted by Crippen LogP contribution is 2.26. The van der Waals surface area contributed by atoms with E-state index < -0.39 is 17.5 Å². The maximum absolute atomic E-state index is 13.6. The van der Waals surface area contributed by atoms with E-state index in [0.717, 1.165) is 12.1 Å². The number of aromatic nitrogens is 5. The van der Waals surface area contributed by atoms with E-state index in [1.165, 1.54) is 4.68 Å².